The highest BCUT2D eigenvalue weighted by Gasteiger charge is 2.23. The van der Waals surface area contributed by atoms with Crippen LogP contribution in [0.2, 0.25) is 0 Å². The number of fused-ring (bicyclic) bond motifs is 1. The number of rotatable bonds is 13. The van der Waals surface area contributed by atoms with E-state index in [-0.39, 0.29) is 17.9 Å². The van der Waals surface area contributed by atoms with Gasteiger partial charge in [0.2, 0.25) is 5.91 Å². The molecule has 6 heteroatoms. The maximum atomic E-state index is 13.4. The van der Waals surface area contributed by atoms with Crippen LogP contribution in [0.3, 0.4) is 0 Å². The highest BCUT2D eigenvalue weighted by Crippen LogP contribution is 2.30. The number of amides is 2. The van der Waals surface area contributed by atoms with Crippen molar-refractivity contribution in [2.24, 2.45) is 0 Å². The number of ether oxygens (including phenoxy) is 1. The molecule has 1 atom stereocenters. The Bertz CT molecular complexity index is 1030. The number of anilines is 2. The summed E-state index contributed by atoms with van der Waals surface area (Å²) >= 11 is 0. The Morgan fingerprint density at radius 3 is 2.57 bits per heavy atom. The van der Waals surface area contributed by atoms with Crippen LogP contribution in [0, 0.1) is 0 Å². The summed E-state index contributed by atoms with van der Waals surface area (Å²) in [5.41, 5.74) is 4.86. The van der Waals surface area contributed by atoms with Gasteiger partial charge in [0.1, 0.15) is 0 Å². The standard InChI is InChI=1S/C31H43N3O3/c1-2-3-4-5-6-7-8-15-30(35)33-26-16-17-29(34-19-18-24-12-9-10-13-25(24)23-34)28(21-26)31(36)32-22-27-14-11-20-37-27/h9-10,12-13,16-17,21,27H,2-8,11,14-15,18-20,22-23H2,1H3,(H,32,36)(H,33,35). The van der Waals surface area contributed by atoms with Gasteiger partial charge in [-0.2, -0.15) is 0 Å². The molecule has 0 aliphatic carbocycles. The first-order chi connectivity index (χ1) is 18.1. The third kappa shape index (κ3) is 8.06. The summed E-state index contributed by atoms with van der Waals surface area (Å²) in [5.74, 6) is -0.105. The summed E-state index contributed by atoms with van der Waals surface area (Å²) in [6, 6.07) is 14.3. The van der Waals surface area contributed by atoms with Gasteiger partial charge in [0.15, 0.2) is 0 Å². The summed E-state index contributed by atoms with van der Waals surface area (Å²) in [6.07, 6.45) is 11.8. The first-order valence-electron chi connectivity index (χ1n) is 14.3. The molecule has 0 radical (unpaired) electrons. The van der Waals surface area contributed by atoms with Crippen LogP contribution >= 0.6 is 0 Å². The van der Waals surface area contributed by atoms with E-state index >= 15 is 0 Å². The Morgan fingerprint density at radius 1 is 1.00 bits per heavy atom. The van der Waals surface area contributed by atoms with Crippen molar-refractivity contribution in [1.82, 2.24) is 5.32 Å². The summed E-state index contributed by atoms with van der Waals surface area (Å²) in [4.78, 5) is 28.2. The zero-order valence-electron chi connectivity index (χ0n) is 22.4. The number of carbonyl (C=O) groups excluding carboxylic acids is 2. The minimum absolute atomic E-state index is 0.0129. The quantitative estimate of drug-likeness (QED) is 0.316. The van der Waals surface area contributed by atoms with Gasteiger partial charge in [0.05, 0.1) is 11.7 Å². The number of hydrogen-bond acceptors (Lipinski definition) is 4. The number of carbonyl (C=O) groups is 2. The predicted octanol–water partition coefficient (Wildman–Crippen LogP) is 6.24. The van der Waals surface area contributed by atoms with Gasteiger partial charge >= 0.3 is 0 Å². The van der Waals surface area contributed by atoms with Gasteiger partial charge < -0.3 is 20.3 Å². The van der Waals surface area contributed by atoms with Crippen molar-refractivity contribution in [2.45, 2.75) is 90.2 Å². The molecule has 2 aromatic carbocycles. The van der Waals surface area contributed by atoms with E-state index < -0.39 is 0 Å². The average Bonchev–Trinajstić information content (AvgIpc) is 3.45. The third-order valence-corrected chi connectivity index (χ3v) is 7.52. The monoisotopic (exact) mass is 505 g/mol. The lowest BCUT2D eigenvalue weighted by Crippen LogP contribution is -2.35. The van der Waals surface area contributed by atoms with Crippen molar-refractivity contribution >= 4 is 23.2 Å². The molecule has 1 unspecified atom stereocenters. The van der Waals surface area contributed by atoms with Crippen molar-refractivity contribution in [3.8, 4) is 0 Å². The molecule has 1 saturated heterocycles. The molecule has 2 N–H and O–H groups in total. The molecule has 0 bridgehead atoms. The number of nitrogens with one attached hydrogen (secondary N) is 2. The first-order valence-corrected chi connectivity index (χ1v) is 14.3. The molecule has 2 amide bonds. The molecule has 4 rings (SSSR count). The van der Waals surface area contributed by atoms with Gasteiger partial charge in [-0.05, 0) is 55.0 Å². The Morgan fingerprint density at radius 2 is 1.78 bits per heavy atom. The van der Waals surface area contributed by atoms with Crippen LogP contribution in [0.5, 0.6) is 0 Å². The van der Waals surface area contributed by atoms with Crippen LogP contribution in [0.15, 0.2) is 42.5 Å². The lowest BCUT2D eigenvalue weighted by molar-refractivity contribution is -0.116. The lowest BCUT2D eigenvalue weighted by Gasteiger charge is -2.32. The molecular weight excluding hydrogens is 462 g/mol. The maximum Gasteiger partial charge on any atom is 0.253 e. The molecule has 0 spiro atoms. The van der Waals surface area contributed by atoms with Crippen molar-refractivity contribution in [1.29, 1.82) is 0 Å². The number of nitrogens with zero attached hydrogens (tertiary/aromatic N) is 1. The molecule has 0 aromatic heterocycles. The zero-order chi connectivity index (χ0) is 25.9. The number of benzene rings is 2. The van der Waals surface area contributed by atoms with Crippen LogP contribution in [0.1, 0.15) is 92.6 Å². The Labute approximate surface area is 222 Å². The van der Waals surface area contributed by atoms with Crippen molar-refractivity contribution in [3.05, 3.63) is 59.2 Å². The molecule has 2 aliphatic heterocycles. The van der Waals surface area contributed by atoms with Crippen LogP contribution in [-0.2, 0) is 22.5 Å². The van der Waals surface area contributed by atoms with Gasteiger partial charge in [-0.25, -0.2) is 0 Å². The maximum absolute atomic E-state index is 13.4. The SMILES string of the molecule is CCCCCCCCCC(=O)Nc1ccc(N2CCc3ccccc3C2)c(C(=O)NCC2CCCO2)c1. The zero-order valence-corrected chi connectivity index (χ0v) is 22.4. The van der Waals surface area contributed by atoms with E-state index in [0.717, 1.165) is 57.5 Å². The Kier molecular flexibility index (Phi) is 10.4. The molecule has 200 valence electrons. The predicted molar refractivity (Wildman–Crippen MR) is 150 cm³/mol. The van der Waals surface area contributed by atoms with Crippen LogP contribution in [0.25, 0.3) is 0 Å². The summed E-state index contributed by atoms with van der Waals surface area (Å²) in [7, 11) is 0. The van der Waals surface area contributed by atoms with E-state index in [2.05, 4.69) is 46.7 Å². The van der Waals surface area contributed by atoms with E-state index in [1.807, 2.05) is 18.2 Å². The average molecular weight is 506 g/mol. The van der Waals surface area contributed by atoms with Crippen LogP contribution < -0.4 is 15.5 Å². The Balaban J connectivity index is 1.40. The normalized spacial score (nSPS) is 16.9. The van der Waals surface area contributed by atoms with E-state index in [1.165, 1.54) is 43.2 Å². The van der Waals surface area contributed by atoms with Gasteiger partial charge in [-0.3, -0.25) is 9.59 Å². The Hall–Kier alpha value is -2.86. The molecule has 0 saturated carbocycles. The second-order valence-electron chi connectivity index (χ2n) is 10.4. The lowest BCUT2D eigenvalue weighted by atomic mass is 9.98. The molecule has 1 fully saturated rings. The molecule has 2 heterocycles. The number of hydrogen-bond donors (Lipinski definition) is 2. The summed E-state index contributed by atoms with van der Waals surface area (Å²) in [6.45, 7) is 5.12. The smallest absolute Gasteiger partial charge is 0.253 e. The summed E-state index contributed by atoms with van der Waals surface area (Å²) in [5, 5.41) is 6.11. The van der Waals surface area contributed by atoms with Gasteiger partial charge in [-0.1, -0.05) is 69.7 Å². The topological polar surface area (TPSA) is 70.7 Å². The van der Waals surface area contributed by atoms with E-state index in [4.69, 9.17) is 4.74 Å². The fourth-order valence-corrected chi connectivity index (χ4v) is 5.35. The minimum Gasteiger partial charge on any atom is -0.376 e. The van der Waals surface area contributed by atoms with E-state index in [1.54, 1.807) is 0 Å². The van der Waals surface area contributed by atoms with Crippen LogP contribution in [-0.4, -0.2) is 37.6 Å². The molecule has 2 aliphatic rings. The highest BCUT2D eigenvalue weighted by atomic mass is 16.5. The largest absolute Gasteiger partial charge is 0.376 e. The minimum atomic E-state index is -0.118. The first kappa shape index (κ1) is 27.2. The van der Waals surface area contributed by atoms with Crippen molar-refractivity contribution in [3.63, 3.8) is 0 Å². The van der Waals surface area contributed by atoms with Gasteiger partial charge in [0, 0.05) is 44.0 Å². The van der Waals surface area contributed by atoms with E-state index in [9.17, 15) is 9.59 Å². The molecule has 2 aromatic rings. The van der Waals surface area contributed by atoms with Gasteiger partial charge in [0.25, 0.3) is 5.91 Å². The number of unbranched alkanes of at least 4 members (excludes halogenated alkanes) is 6. The highest BCUT2D eigenvalue weighted by molar-refractivity contribution is 6.02. The molecular formula is C31H43N3O3. The fraction of sp³-hybridized carbons (Fsp3) is 0.548. The van der Waals surface area contributed by atoms with Gasteiger partial charge in [-0.15, -0.1) is 0 Å². The summed E-state index contributed by atoms with van der Waals surface area (Å²) < 4.78 is 5.69. The molecule has 6 nitrogen and oxygen atoms in total. The second-order valence-corrected chi connectivity index (χ2v) is 10.4. The second kappa shape index (κ2) is 14.2. The van der Waals surface area contributed by atoms with E-state index in [0.29, 0.717) is 24.2 Å². The molecule has 37 heavy (non-hydrogen) atoms. The third-order valence-electron chi connectivity index (χ3n) is 7.52. The van der Waals surface area contributed by atoms with Crippen molar-refractivity contribution in [2.75, 3.05) is 29.9 Å². The van der Waals surface area contributed by atoms with Crippen molar-refractivity contribution < 1.29 is 14.3 Å². The fourth-order valence-electron chi connectivity index (χ4n) is 5.35. The van der Waals surface area contributed by atoms with Crippen LogP contribution in [0.4, 0.5) is 11.4 Å².